The van der Waals surface area contributed by atoms with Gasteiger partial charge < -0.3 is 34.8 Å². The molecule has 0 radical (unpaired) electrons. The number of hydrogen-bond acceptors (Lipinski definition) is 10. The van der Waals surface area contributed by atoms with E-state index in [-0.39, 0.29) is 43.1 Å². The van der Waals surface area contributed by atoms with Crippen molar-refractivity contribution in [3.8, 4) is 0 Å². The number of Topliss-reactive ketones (excluding diaryl/α,β-unsaturated/α-hetero) is 2. The number of rotatable bonds is 3. The van der Waals surface area contributed by atoms with Gasteiger partial charge in [-0.15, -0.1) is 0 Å². The zero-order chi connectivity index (χ0) is 40.3. The Morgan fingerprint density at radius 2 is 1.55 bits per heavy atom. The zero-order valence-electron chi connectivity index (χ0n) is 33.7. The minimum absolute atomic E-state index is 0.0240. The number of esters is 1. The molecule has 2 saturated heterocycles. The number of ketones is 2. The fourth-order valence-corrected chi connectivity index (χ4v) is 8.38. The number of aliphatic hydroxyl groups excluding tert-OH is 3. The summed E-state index contributed by atoms with van der Waals surface area (Å²) in [5, 5.41) is 43.7. The molecule has 0 unspecified atom stereocenters. The highest BCUT2D eigenvalue weighted by molar-refractivity contribution is 6.39. The number of allylic oxidation sites excluding steroid dienone is 5. The summed E-state index contributed by atoms with van der Waals surface area (Å²) in [4.78, 5) is 56.2. The third-order valence-corrected chi connectivity index (χ3v) is 12.4. The first-order valence-corrected chi connectivity index (χ1v) is 20.8. The first-order chi connectivity index (χ1) is 26.1. The van der Waals surface area contributed by atoms with Gasteiger partial charge in [-0.25, -0.2) is 4.79 Å². The molecular weight excluding hydrogens is 702 g/mol. The average Bonchev–Trinajstić information content (AvgIpc) is 3.16. The molecule has 0 aromatic carbocycles. The topological polar surface area (TPSA) is 171 Å². The minimum atomic E-state index is -2.41. The number of cyclic esters (lactones) is 1. The lowest BCUT2D eigenvalue weighted by Gasteiger charge is -2.42. The number of carbonyl (C=O) groups is 4. The van der Waals surface area contributed by atoms with E-state index in [1.807, 2.05) is 44.2 Å². The molecule has 4 aliphatic rings. The molecule has 0 aromatic heterocycles. The van der Waals surface area contributed by atoms with Crippen LogP contribution in [0, 0.1) is 23.7 Å². The van der Waals surface area contributed by atoms with Gasteiger partial charge in [0.15, 0.2) is 0 Å². The Balaban J connectivity index is 1.60. The van der Waals surface area contributed by atoms with Crippen LogP contribution in [0.3, 0.4) is 0 Å². The third-order valence-electron chi connectivity index (χ3n) is 12.4. The van der Waals surface area contributed by atoms with E-state index < -0.39 is 59.8 Å². The van der Waals surface area contributed by atoms with Gasteiger partial charge in [-0.1, -0.05) is 57.2 Å². The van der Waals surface area contributed by atoms with Crippen molar-refractivity contribution in [3.63, 3.8) is 0 Å². The van der Waals surface area contributed by atoms with Gasteiger partial charge in [-0.3, -0.25) is 14.4 Å². The summed E-state index contributed by atoms with van der Waals surface area (Å²) in [5.41, 5.74) is 1.27. The van der Waals surface area contributed by atoms with E-state index in [0.717, 1.165) is 32.1 Å². The number of nitrogens with zero attached hydrogens (tertiary/aromatic N) is 1. The number of hydrogen-bond donors (Lipinski definition) is 4. The molecule has 1 aliphatic carbocycles. The summed E-state index contributed by atoms with van der Waals surface area (Å²) in [6, 6.07) is -1.02. The standard InChI is InChI=1S/C44H67NO10/c1-28-11-7-6-8-12-29(2)38(47)26-36-22-15-32(5)44(53,55-36)41(50)42(51)45-24-10-9-13-37(45)43(52)54-35(23-18-33-16-19-34(46)20-17-33)21-14-30(3)39(48)27-40(49)31(4)25-28/h6-8,11-12,14,28,31-39,46-48,53H,9-10,13,15-27H2,1-5H3/b8-6+,11-7+,29-12+,30-14+/t28-,31-,32-,33?,34?,35+,36+,37+,38+,39+,44-/m1/s1. The van der Waals surface area contributed by atoms with Crippen LogP contribution in [0.15, 0.2) is 47.6 Å². The Morgan fingerprint density at radius 1 is 0.818 bits per heavy atom. The molecule has 11 nitrogen and oxygen atoms in total. The maximum absolute atomic E-state index is 14.0. The number of piperidine rings is 1. The molecule has 1 saturated carbocycles. The van der Waals surface area contributed by atoms with Crippen molar-refractivity contribution in [3.05, 3.63) is 47.6 Å². The van der Waals surface area contributed by atoms with E-state index in [0.29, 0.717) is 68.4 Å². The first-order valence-electron chi connectivity index (χ1n) is 20.8. The van der Waals surface area contributed by atoms with Gasteiger partial charge in [0.1, 0.15) is 17.9 Å². The molecule has 55 heavy (non-hydrogen) atoms. The summed E-state index contributed by atoms with van der Waals surface area (Å²) < 4.78 is 12.1. The van der Waals surface area contributed by atoms with Crippen LogP contribution in [0.25, 0.3) is 0 Å². The van der Waals surface area contributed by atoms with Crippen LogP contribution < -0.4 is 0 Å². The molecule has 0 spiro atoms. The summed E-state index contributed by atoms with van der Waals surface area (Å²) in [5.74, 6) is -5.65. The number of ether oxygens (including phenoxy) is 2. The van der Waals surface area contributed by atoms with Crippen molar-refractivity contribution < 1.29 is 49.1 Å². The highest BCUT2D eigenvalue weighted by atomic mass is 16.6. The van der Waals surface area contributed by atoms with Crippen LogP contribution >= 0.6 is 0 Å². The summed E-state index contributed by atoms with van der Waals surface area (Å²) >= 11 is 0. The molecule has 3 aliphatic heterocycles. The molecule has 4 rings (SSSR count). The predicted octanol–water partition coefficient (Wildman–Crippen LogP) is 5.83. The van der Waals surface area contributed by atoms with Crippen molar-refractivity contribution in [2.45, 2.75) is 173 Å². The van der Waals surface area contributed by atoms with E-state index in [1.54, 1.807) is 26.8 Å². The number of aliphatic hydroxyl groups is 4. The summed E-state index contributed by atoms with van der Waals surface area (Å²) in [6.07, 6.45) is 15.7. The Kier molecular flexibility index (Phi) is 17.1. The fraction of sp³-hybridized carbons (Fsp3) is 0.727. The van der Waals surface area contributed by atoms with E-state index in [4.69, 9.17) is 9.47 Å². The number of fused-ring (bicyclic) bond motifs is 3. The second-order valence-electron chi connectivity index (χ2n) is 17.0. The lowest BCUT2D eigenvalue weighted by atomic mass is 9.84. The van der Waals surface area contributed by atoms with Gasteiger partial charge in [-0.2, -0.15) is 0 Å². The number of amides is 1. The SMILES string of the molecule is C/C1=C\C[C@@H](CCC2CCC(O)CC2)OC(=O)[C@@H]2CCCCN2C(=O)C(=O)[C@]2(O)O[C@@H](CC[C@H]2C)C[C@H](O)/C(C)=C/C=C/C=C/[C@@H](C)C[C@@H](C)C(=O)C[C@@H]1O. The highest BCUT2D eigenvalue weighted by Gasteiger charge is 2.53. The molecule has 0 aromatic rings. The van der Waals surface area contributed by atoms with Gasteiger partial charge in [0.25, 0.3) is 11.7 Å². The molecule has 3 fully saturated rings. The van der Waals surface area contributed by atoms with E-state index in [2.05, 4.69) is 0 Å². The Morgan fingerprint density at radius 3 is 2.27 bits per heavy atom. The molecular formula is C44H67NO10. The number of carbonyl (C=O) groups excluding carboxylic acids is 4. The minimum Gasteiger partial charge on any atom is -0.461 e. The highest BCUT2D eigenvalue weighted by Crippen LogP contribution is 2.36. The van der Waals surface area contributed by atoms with Crippen LogP contribution in [-0.4, -0.2) is 97.7 Å². The van der Waals surface area contributed by atoms with Crippen molar-refractivity contribution in [2.75, 3.05) is 6.54 Å². The van der Waals surface area contributed by atoms with Gasteiger partial charge in [0.05, 0.1) is 24.4 Å². The van der Waals surface area contributed by atoms with Crippen molar-refractivity contribution in [1.29, 1.82) is 0 Å². The quantitative estimate of drug-likeness (QED) is 0.156. The second-order valence-corrected chi connectivity index (χ2v) is 17.0. The molecule has 9 atom stereocenters. The van der Waals surface area contributed by atoms with Crippen LogP contribution in [0.4, 0.5) is 0 Å². The van der Waals surface area contributed by atoms with Crippen LogP contribution in [-0.2, 0) is 28.7 Å². The lowest BCUT2D eigenvalue weighted by molar-refractivity contribution is -0.265. The monoisotopic (exact) mass is 769 g/mol. The predicted molar refractivity (Wildman–Crippen MR) is 209 cm³/mol. The molecule has 4 N–H and O–H groups in total. The molecule has 308 valence electrons. The Bertz CT molecular complexity index is 1440. The Labute approximate surface area is 327 Å². The van der Waals surface area contributed by atoms with E-state index in [9.17, 15) is 39.6 Å². The average molecular weight is 770 g/mol. The first kappa shape index (κ1) is 44.8. The second kappa shape index (κ2) is 21.0. The molecule has 11 heteroatoms. The lowest BCUT2D eigenvalue weighted by Crippen LogP contribution is -2.60. The van der Waals surface area contributed by atoms with E-state index in [1.165, 1.54) is 4.90 Å². The summed E-state index contributed by atoms with van der Waals surface area (Å²) in [7, 11) is 0. The molecule has 3 heterocycles. The van der Waals surface area contributed by atoms with Gasteiger partial charge >= 0.3 is 5.97 Å². The largest absolute Gasteiger partial charge is 0.461 e. The fourth-order valence-electron chi connectivity index (χ4n) is 8.38. The van der Waals surface area contributed by atoms with Crippen LogP contribution in [0.5, 0.6) is 0 Å². The Hall–Kier alpha value is -2.96. The molecule has 1 amide bonds. The van der Waals surface area contributed by atoms with Gasteiger partial charge in [0, 0.05) is 37.6 Å². The molecule has 2 bridgehead atoms. The third kappa shape index (κ3) is 12.8. The normalized spacial score (nSPS) is 40.4. The summed E-state index contributed by atoms with van der Waals surface area (Å²) in [6.45, 7) is 9.27. The van der Waals surface area contributed by atoms with Crippen molar-refractivity contribution >= 4 is 23.4 Å². The van der Waals surface area contributed by atoms with Gasteiger partial charge in [0.2, 0.25) is 5.79 Å². The van der Waals surface area contributed by atoms with Crippen molar-refractivity contribution in [1.82, 2.24) is 4.90 Å². The maximum atomic E-state index is 14.0. The maximum Gasteiger partial charge on any atom is 0.329 e. The van der Waals surface area contributed by atoms with Crippen LogP contribution in [0.2, 0.25) is 0 Å². The zero-order valence-corrected chi connectivity index (χ0v) is 33.7. The van der Waals surface area contributed by atoms with E-state index >= 15 is 0 Å². The van der Waals surface area contributed by atoms with Crippen LogP contribution in [0.1, 0.15) is 131 Å². The van der Waals surface area contributed by atoms with Gasteiger partial charge in [-0.05, 0) is 114 Å². The van der Waals surface area contributed by atoms with Crippen molar-refractivity contribution in [2.24, 2.45) is 23.7 Å². The smallest absolute Gasteiger partial charge is 0.329 e.